The van der Waals surface area contributed by atoms with Gasteiger partial charge in [0.25, 0.3) is 0 Å². The molecule has 4 spiro atoms. The number of nitrogens with two attached hydrogens (primary N) is 5. The first-order valence-electron chi connectivity index (χ1n) is 37.0. The van der Waals surface area contributed by atoms with Crippen molar-refractivity contribution in [2.24, 2.45) is 48.6 Å². The Morgan fingerprint density at radius 2 is 0.556 bits per heavy atom. The fourth-order valence-electron chi connectivity index (χ4n) is 15.5. The van der Waals surface area contributed by atoms with Crippen LogP contribution in [-0.2, 0) is 46.6 Å². The number of aromatic nitrogens is 6. The number of aliphatic hydroxyl groups is 1. The first-order valence-corrected chi connectivity index (χ1v) is 44.0. The minimum Gasteiger partial charge on any atom is -0.455 e. The van der Waals surface area contributed by atoms with Gasteiger partial charge in [0.05, 0.1) is 86.5 Å². The Bertz CT molecular complexity index is 5880. The van der Waals surface area contributed by atoms with Gasteiger partial charge in [-0.3, -0.25) is 24.8 Å². The molecule has 0 saturated heterocycles. The molecule has 13 aromatic rings. The van der Waals surface area contributed by atoms with Gasteiger partial charge in [0.2, 0.25) is 5.43 Å². The van der Waals surface area contributed by atoms with Crippen LogP contribution in [0, 0.1) is 0 Å². The van der Waals surface area contributed by atoms with E-state index in [-0.39, 0.29) is 17.2 Å². The molecule has 9 aliphatic heterocycles. The van der Waals surface area contributed by atoms with Crippen molar-refractivity contribution in [3.05, 3.63) is 306 Å². The predicted molar refractivity (Wildman–Crippen MR) is 493 cm³/mol. The maximum absolute atomic E-state index is 12.2. The molecule has 6 aromatic carbocycles. The van der Waals surface area contributed by atoms with Crippen molar-refractivity contribution >= 4 is 210 Å². The molecule has 39 heteroatoms. The molecule has 3 unspecified atom stereocenters. The quantitative estimate of drug-likeness (QED) is 0.0656. The van der Waals surface area contributed by atoms with E-state index in [0.29, 0.717) is 193 Å². The molecule has 124 heavy (non-hydrogen) atoms. The molecule has 11 N–H and O–H groups in total. The first kappa shape index (κ1) is 87.0. The molecular formula is C85H59Br6Cl6N15O12. The van der Waals surface area contributed by atoms with Crippen LogP contribution in [0.4, 0.5) is 0 Å². The molecule has 0 bridgehead atoms. The van der Waals surface area contributed by atoms with Gasteiger partial charge >= 0.3 is 0 Å². The highest BCUT2D eigenvalue weighted by Crippen LogP contribution is 2.57. The zero-order valence-corrected chi connectivity index (χ0v) is 77.6. The summed E-state index contributed by atoms with van der Waals surface area (Å²) in [7, 11) is 0. The van der Waals surface area contributed by atoms with Crippen molar-refractivity contribution in [3.8, 4) is 57.5 Å². The van der Waals surface area contributed by atoms with Gasteiger partial charge in [-0.2, -0.15) is 0 Å². The fraction of sp³-hybridized carbons (Fsp3) is 0.165. The molecule has 27 nitrogen and oxygen atoms in total. The summed E-state index contributed by atoms with van der Waals surface area (Å²) in [5.74, 6) is 8.18. The van der Waals surface area contributed by atoms with Crippen molar-refractivity contribution in [3.63, 3.8) is 0 Å². The average Bonchev–Trinajstić information content (AvgIpc) is 0.863. The molecular weight excluding hydrogens is 2120 g/mol. The number of rotatable bonds is 1. The summed E-state index contributed by atoms with van der Waals surface area (Å²) >= 11 is 56.7. The summed E-state index contributed by atoms with van der Waals surface area (Å²) in [4.78, 5) is 55.3. The third-order valence-electron chi connectivity index (χ3n) is 20.8. The number of benzene rings is 6. The number of amidine groups is 4. The molecule has 0 amide bonds. The van der Waals surface area contributed by atoms with Crippen molar-refractivity contribution in [1.29, 1.82) is 0 Å². The second-order valence-electron chi connectivity index (χ2n) is 28.8. The van der Waals surface area contributed by atoms with E-state index >= 15 is 0 Å². The topological polar surface area (TPSA) is 390 Å². The van der Waals surface area contributed by atoms with Crippen LogP contribution in [0.15, 0.2) is 239 Å². The van der Waals surface area contributed by atoms with E-state index in [1.165, 1.54) is 18.5 Å². The third-order valence-corrected chi connectivity index (χ3v) is 25.0. The molecule has 0 fully saturated rings. The van der Waals surface area contributed by atoms with Crippen molar-refractivity contribution in [2.45, 2.75) is 27.7 Å². The van der Waals surface area contributed by atoms with E-state index in [0.717, 1.165) is 71.3 Å². The number of aliphatic imine (C=N–C) groups is 4. The van der Waals surface area contributed by atoms with Crippen LogP contribution in [0.2, 0.25) is 30.9 Å². The Morgan fingerprint density at radius 1 is 0.315 bits per heavy atom. The zero-order chi connectivity index (χ0) is 86.9. The minimum absolute atomic E-state index is 0.105. The predicted octanol–water partition coefficient (Wildman–Crippen LogP) is 19.5. The molecule has 7 aromatic heterocycles. The van der Waals surface area contributed by atoms with Gasteiger partial charge in [-0.05, 0) is 146 Å². The van der Waals surface area contributed by atoms with Crippen molar-refractivity contribution in [2.75, 3.05) is 59.5 Å². The Labute approximate surface area is 784 Å². The van der Waals surface area contributed by atoms with E-state index in [2.05, 4.69) is 125 Å². The second kappa shape index (κ2) is 35.3. The van der Waals surface area contributed by atoms with E-state index in [1.54, 1.807) is 73.3 Å². The third kappa shape index (κ3) is 16.8. The lowest BCUT2D eigenvalue weighted by atomic mass is 9.81. The molecule has 630 valence electrons. The summed E-state index contributed by atoms with van der Waals surface area (Å²) in [6.45, 7) is 2.50. The monoisotopic (exact) mass is 2160 g/mol. The van der Waals surface area contributed by atoms with Gasteiger partial charge < -0.3 is 80.8 Å². The standard InChI is InChI=1S/4C15H11BrClN3O2.C13H10BrClN2O2.C12H5BrClNO2/c4*16-8-1-2-11-9(3-8)15(7-21-6-14(18)20-15)10-4-13(17)19-5-12(10)22-11;14-7-1-2-10-8(3-7)13(16,6-18)9-4-12(15)17-5-11(9)19-10;13-6-1-2-9-7(3-6)12(16)8-4-11(14)15-5-10(8)17-9/h4*1-5H,6-7H2,(H2,18,20);1-5,18H,6,16H2;1-5H/t2*15-;;;;/m10..../s1. The smallest absolute Gasteiger partial charge is 0.200 e. The van der Waals surface area contributed by atoms with E-state index in [9.17, 15) is 9.90 Å². The molecule has 16 heterocycles. The molecule has 0 radical (unpaired) electrons. The Balaban J connectivity index is 0.000000106. The highest BCUT2D eigenvalue weighted by Gasteiger charge is 2.50. The Kier molecular flexibility index (Phi) is 24.8. The van der Waals surface area contributed by atoms with Crippen LogP contribution in [0.1, 0.15) is 55.6 Å². The number of hydrogen-bond acceptors (Lipinski definition) is 27. The highest BCUT2D eigenvalue weighted by atomic mass is 79.9. The van der Waals surface area contributed by atoms with Crippen LogP contribution in [0.25, 0.3) is 21.9 Å². The Morgan fingerprint density at radius 3 is 0.871 bits per heavy atom. The lowest BCUT2D eigenvalue weighted by molar-refractivity contribution is 0.109. The lowest BCUT2D eigenvalue weighted by Crippen LogP contribution is -2.44. The molecule has 5 atom stereocenters. The van der Waals surface area contributed by atoms with E-state index < -0.39 is 27.7 Å². The van der Waals surface area contributed by atoms with Crippen LogP contribution < -0.4 is 57.8 Å². The minimum atomic E-state index is -1.06. The number of nitrogens with zero attached hydrogens (tertiary/aromatic N) is 10. The van der Waals surface area contributed by atoms with Gasteiger partial charge in [0, 0.05) is 82.5 Å². The largest absolute Gasteiger partial charge is 0.455 e. The zero-order valence-electron chi connectivity index (χ0n) is 63.5. The van der Waals surface area contributed by atoms with Gasteiger partial charge in [-0.15, -0.1) is 0 Å². The summed E-state index contributed by atoms with van der Waals surface area (Å²) in [5, 5.41) is 12.8. The van der Waals surface area contributed by atoms with Crippen LogP contribution in [0.3, 0.4) is 0 Å². The molecule has 9 aliphatic rings. The normalized spacial score (nSPS) is 20.7. The Hall–Kier alpha value is -9.05. The number of pyridine rings is 6. The van der Waals surface area contributed by atoms with Crippen molar-refractivity contribution in [1.82, 2.24) is 29.9 Å². The lowest BCUT2D eigenvalue weighted by Gasteiger charge is -2.39. The van der Waals surface area contributed by atoms with Gasteiger partial charge in [0.15, 0.2) is 34.3 Å². The van der Waals surface area contributed by atoms with Crippen LogP contribution in [0.5, 0.6) is 57.5 Å². The summed E-state index contributed by atoms with van der Waals surface area (Å²) in [6, 6.07) is 44.0. The molecule has 22 rings (SSSR count). The summed E-state index contributed by atoms with van der Waals surface area (Å²) in [5.41, 5.74) is 35.1. The van der Waals surface area contributed by atoms with E-state index in [1.807, 2.05) is 91.0 Å². The number of halogens is 12. The average molecular weight is 2170 g/mol. The fourth-order valence-corrected chi connectivity index (χ4v) is 18.6. The van der Waals surface area contributed by atoms with Crippen LogP contribution in [-0.4, -0.2) is 118 Å². The molecule has 0 saturated carbocycles. The summed E-state index contributed by atoms with van der Waals surface area (Å²) in [6.07, 6.45) is 9.38. The first-order chi connectivity index (χ1) is 59.5. The van der Waals surface area contributed by atoms with Gasteiger partial charge in [0.1, 0.15) is 137 Å². The SMILES string of the molecule is NC1(CO)c2cc(Br)ccc2Oc2cnc(Cl)cc21.NC1=NC2(COC1)c1cc(Br)ccc1Oc1cnc(Cl)cc12.NC1=NC2(COC1)c1cc(Br)ccc1Oc1cnc(Cl)cc12.NC1=N[C@@]2(COC1)c1cc(Br)ccc1Oc1cnc(Cl)cc12.NC1=N[C@]2(COC1)c1cc(Br)ccc1Oc1cnc(Cl)cc12.O=c1c2cc(Br)ccc2oc2cnc(Cl)cc12. The van der Waals surface area contributed by atoms with E-state index in [4.69, 9.17) is 165 Å². The van der Waals surface area contributed by atoms with Gasteiger partial charge in [-0.25, -0.2) is 29.9 Å². The van der Waals surface area contributed by atoms with Crippen LogP contribution >= 0.6 is 165 Å². The summed E-state index contributed by atoms with van der Waals surface area (Å²) < 4.78 is 63.2. The van der Waals surface area contributed by atoms with Gasteiger partial charge in [-0.1, -0.05) is 165 Å². The maximum Gasteiger partial charge on any atom is 0.200 e. The number of ether oxygens (including phenoxy) is 9. The highest BCUT2D eigenvalue weighted by molar-refractivity contribution is 9.11. The van der Waals surface area contributed by atoms with Crippen molar-refractivity contribution < 1.29 is 52.2 Å². The maximum atomic E-state index is 12.2. The molecule has 0 aliphatic carbocycles. The number of aliphatic hydroxyl groups excluding tert-OH is 1. The second-order valence-corrected chi connectivity index (χ2v) is 36.6. The number of fused-ring (bicyclic) bond motifs is 20. The number of hydrogen-bond donors (Lipinski definition) is 6.